The van der Waals surface area contributed by atoms with Crippen LogP contribution in [0.1, 0.15) is 28.0 Å². The predicted octanol–water partition coefficient (Wildman–Crippen LogP) is 2.12. The van der Waals surface area contributed by atoms with Crippen molar-refractivity contribution in [1.29, 1.82) is 0 Å². The molecule has 0 aliphatic rings. The van der Waals surface area contributed by atoms with E-state index in [0.717, 1.165) is 7.11 Å². The molecule has 1 N–H and O–H groups in total. The van der Waals surface area contributed by atoms with E-state index in [0.29, 0.717) is 6.20 Å². The number of H-pyrrole nitrogens is 1. The fraction of sp³-hybridized carbons (Fsp3) is 0.333. The number of carbonyl (C=O) groups is 1. The molecule has 0 unspecified atom stereocenters. The maximum absolute atomic E-state index is 12.5. The third kappa shape index (κ3) is 2.49. The van der Waals surface area contributed by atoms with Gasteiger partial charge >= 0.3 is 12.1 Å². The minimum absolute atomic E-state index is 0.392. The topological polar surface area (TPSA) is 59.2 Å². The Labute approximate surface area is 96.4 Å². The molecule has 0 radical (unpaired) electrons. The standard InChI is InChI=1S/C9H6F5NO3/c1-18-8(17)3-2-15-6(9(12,13)14)4(5(3)16)7(10)11/h2,7H,1H3,(H,15,16). The van der Waals surface area contributed by atoms with Gasteiger partial charge in [-0.3, -0.25) is 4.79 Å². The van der Waals surface area contributed by atoms with E-state index in [-0.39, 0.29) is 0 Å². The molecule has 1 aromatic heterocycles. The molecule has 0 fully saturated rings. The Bertz CT molecular complexity index is 520. The lowest BCUT2D eigenvalue weighted by Crippen LogP contribution is -2.26. The first-order valence-electron chi connectivity index (χ1n) is 4.39. The van der Waals surface area contributed by atoms with Crippen LogP contribution in [0.2, 0.25) is 0 Å². The van der Waals surface area contributed by atoms with Gasteiger partial charge in [0.25, 0.3) is 6.43 Å². The molecule has 0 saturated carbocycles. The first kappa shape index (κ1) is 14.1. The molecule has 0 amide bonds. The molecule has 9 heteroatoms. The van der Waals surface area contributed by atoms with Gasteiger partial charge in [0.1, 0.15) is 11.3 Å². The van der Waals surface area contributed by atoms with Gasteiger partial charge in [0.05, 0.1) is 12.7 Å². The maximum atomic E-state index is 12.5. The number of nitrogens with one attached hydrogen (secondary N) is 1. The van der Waals surface area contributed by atoms with E-state index in [9.17, 15) is 31.5 Å². The zero-order valence-electron chi connectivity index (χ0n) is 8.77. The average molecular weight is 271 g/mol. The summed E-state index contributed by atoms with van der Waals surface area (Å²) in [4.78, 5) is 23.9. The van der Waals surface area contributed by atoms with E-state index >= 15 is 0 Å². The molecule has 0 aromatic carbocycles. The largest absolute Gasteiger partial charge is 0.465 e. The summed E-state index contributed by atoms with van der Waals surface area (Å²) in [6.07, 6.45) is -8.43. The zero-order chi connectivity index (χ0) is 14.1. The molecule has 1 rings (SSSR count). The van der Waals surface area contributed by atoms with Gasteiger partial charge in [-0.15, -0.1) is 0 Å². The van der Waals surface area contributed by atoms with Crippen LogP contribution in [0.25, 0.3) is 0 Å². The van der Waals surface area contributed by atoms with E-state index in [2.05, 4.69) is 4.74 Å². The Kier molecular flexibility index (Phi) is 3.73. The second kappa shape index (κ2) is 4.75. The molecule has 0 saturated heterocycles. The van der Waals surface area contributed by atoms with Crippen LogP contribution < -0.4 is 5.43 Å². The number of pyridine rings is 1. The lowest BCUT2D eigenvalue weighted by atomic mass is 10.1. The molecule has 0 atom stereocenters. The molecule has 0 spiro atoms. The Morgan fingerprint density at radius 3 is 2.33 bits per heavy atom. The molecular formula is C9H6F5NO3. The van der Waals surface area contributed by atoms with Crippen molar-refractivity contribution in [2.45, 2.75) is 12.6 Å². The molecule has 0 bridgehead atoms. The number of aromatic nitrogens is 1. The quantitative estimate of drug-likeness (QED) is 0.662. The molecule has 1 heterocycles. The first-order chi connectivity index (χ1) is 8.20. The maximum Gasteiger partial charge on any atom is 0.431 e. The van der Waals surface area contributed by atoms with Crippen LogP contribution in [-0.2, 0) is 10.9 Å². The number of esters is 1. The summed E-state index contributed by atoms with van der Waals surface area (Å²) in [6, 6.07) is 0. The van der Waals surface area contributed by atoms with Crippen LogP contribution >= 0.6 is 0 Å². The van der Waals surface area contributed by atoms with Crippen molar-refractivity contribution in [3.63, 3.8) is 0 Å². The number of hydrogen-bond acceptors (Lipinski definition) is 3. The van der Waals surface area contributed by atoms with Gasteiger partial charge in [0.2, 0.25) is 5.43 Å². The van der Waals surface area contributed by atoms with Gasteiger partial charge < -0.3 is 9.72 Å². The first-order valence-corrected chi connectivity index (χ1v) is 4.39. The van der Waals surface area contributed by atoms with Gasteiger partial charge in [-0.1, -0.05) is 0 Å². The monoisotopic (exact) mass is 271 g/mol. The van der Waals surface area contributed by atoms with Crippen LogP contribution in [0.3, 0.4) is 0 Å². The lowest BCUT2D eigenvalue weighted by molar-refractivity contribution is -0.143. The number of rotatable bonds is 2. The van der Waals surface area contributed by atoms with Crippen molar-refractivity contribution in [2.75, 3.05) is 7.11 Å². The Hall–Kier alpha value is -1.93. The van der Waals surface area contributed by atoms with Crippen molar-refractivity contribution >= 4 is 5.97 Å². The summed E-state index contributed by atoms with van der Waals surface area (Å²) in [5.41, 5.74) is -6.30. The average Bonchev–Trinajstić information content (AvgIpc) is 2.25. The Balaban J connectivity index is 3.59. The fourth-order valence-electron chi connectivity index (χ4n) is 1.25. The summed E-state index contributed by atoms with van der Waals surface area (Å²) >= 11 is 0. The number of alkyl halides is 5. The van der Waals surface area contributed by atoms with Gasteiger partial charge in [0.15, 0.2) is 0 Å². The minimum atomic E-state index is -5.15. The van der Waals surface area contributed by atoms with E-state index < -0.39 is 40.8 Å². The predicted molar refractivity (Wildman–Crippen MR) is 48.4 cm³/mol. The van der Waals surface area contributed by atoms with Gasteiger partial charge in [-0.25, -0.2) is 13.6 Å². The highest BCUT2D eigenvalue weighted by Gasteiger charge is 2.39. The van der Waals surface area contributed by atoms with Crippen molar-refractivity contribution in [1.82, 2.24) is 4.98 Å². The molecule has 1 aromatic rings. The smallest absolute Gasteiger partial charge is 0.431 e. The molecule has 0 aliphatic carbocycles. The van der Waals surface area contributed by atoms with Crippen LogP contribution in [0.15, 0.2) is 11.0 Å². The lowest BCUT2D eigenvalue weighted by Gasteiger charge is -2.12. The highest BCUT2D eigenvalue weighted by Crippen LogP contribution is 2.33. The van der Waals surface area contributed by atoms with E-state index in [1.165, 1.54) is 4.98 Å². The molecule has 18 heavy (non-hydrogen) atoms. The molecule has 4 nitrogen and oxygen atoms in total. The molecule has 0 aliphatic heterocycles. The number of aromatic amines is 1. The Morgan fingerprint density at radius 2 is 1.94 bits per heavy atom. The molecular weight excluding hydrogens is 265 g/mol. The summed E-state index contributed by atoms with van der Waals surface area (Å²) in [6.45, 7) is 0. The number of halogens is 5. The summed E-state index contributed by atoms with van der Waals surface area (Å²) in [7, 11) is 0.863. The molecule has 100 valence electrons. The van der Waals surface area contributed by atoms with E-state index in [1.807, 2.05) is 0 Å². The van der Waals surface area contributed by atoms with Crippen LogP contribution in [-0.4, -0.2) is 18.1 Å². The highest BCUT2D eigenvalue weighted by molar-refractivity contribution is 5.89. The number of methoxy groups -OCH3 is 1. The number of hydrogen-bond donors (Lipinski definition) is 1. The summed E-state index contributed by atoms with van der Waals surface area (Å²) < 4.78 is 66.2. The normalized spacial score (nSPS) is 11.7. The van der Waals surface area contributed by atoms with Gasteiger partial charge in [-0.2, -0.15) is 13.2 Å². The van der Waals surface area contributed by atoms with Gasteiger partial charge in [-0.05, 0) is 0 Å². The second-order valence-corrected chi connectivity index (χ2v) is 3.11. The summed E-state index contributed by atoms with van der Waals surface area (Å²) in [5.74, 6) is -1.30. The Morgan fingerprint density at radius 1 is 1.39 bits per heavy atom. The van der Waals surface area contributed by atoms with Crippen molar-refractivity contribution in [3.05, 3.63) is 33.2 Å². The minimum Gasteiger partial charge on any atom is -0.465 e. The number of carbonyl (C=O) groups excluding carboxylic acids is 1. The second-order valence-electron chi connectivity index (χ2n) is 3.11. The summed E-state index contributed by atoms with van der Waals surface area (Å²) in [5, 5.41) is 0. The number of ether oxygens (including phenoxy) is 1. The van der Waals surface area contributed by atoms with E-state index in [4.69, 9.17) is 0 Å². The van der Waals surface area contributed by atoms with E-state index in [1.54, 1.807) is 0 Å². The van der Waals surface area contributed by atoms with Crippen molar-refractivity contribution < 1.29 is 31.5 Å². The van der Waals surface area contributed by atoms with Crippen LogP contribution in [0.4, 0.5) is 22.0 Å². The van der Waals surface area contributed by atoms with Crippen molar-refractivity contribution in [3.8, 4) is 0 Å². The third-order valence-corrected chi connectivity index (χ3v) is 2.03. The zero-order valence-corrected chi connectivity index (χ0v) is 8.77. The third-order valence-electron chi connectivity index (χ3n) is 2.03. The fourth-order valence-corrected chi connectivity index (χ4v) is 1.25. The van der Waals surface area contributed by atoms with Crippen LogP contribution in [0.5, 0.6) is 0 Å². The van der Waals surface area contributed by atoms with Crippen molar-refractivity contribution in [2.24, 2.45) is 0 Å². The highest BCUT2D eigenvalue weighted by atomic mass is 19.4. The van der Waals surface area contributed by atoms with Crippen LogP contribution in [0, 0.1) is 0 Å². The SMILES string of the molecule is COC(=O)c1c[nH]c(C(F)(F)F)c(C(F)F)c1=O. The van der Waals surface area contributed by atoms with Gasteiger partial charge in [0, 0.05) is 6.20 Å².